The Morgan fingerprint density at radius 3 is 2.29 bits per heavy atom. The molecule has 0 saturated heterocycles. The van der Waals surface area contributed by atoms with Crippen LogP contribution in [-0.4, -0.2) is 18.5 Å². The van der Waals surface area contributed by atoms with Crippen LogP contribution in [0.25, 0.3) is 0 Å². The van der Waals surface area contributed by atoms with Crippen molar-refractivity contribution in [2.45, 2.75) is 19.9 Å². The molecule has 0 aliphatic carbocycles. The summed E-state index contributed by atoms with van der Waals surface area (Å²) in [7, 11) is 0. The summed E-state index contributed by atoms with van der Waals surface area (Å²) in [6.07, 6.45) is 0. The minimum atomic E-state index is 0.160. The van der Waals surface area contributed by atoms with Gasteiger partial charge in [-0.1, -0.05) is 48.7 Å². The molecule has 0 N–H and O–H groups in total. The van der Waals surface area contributed by atoms with Crippen molar-refractivity contribution in [1.29, 1.82) is 0 Å². The molecule has 1 aliphatic heterocycles. The fourth-order valence-electron chi connectivity index (χ4n) is 1.61. The lowest BCUT2D eigenvalue weighted by atomic mass is 10.1. The Morgan fingerprint density at radius 1 is 1.24 bits per heavy atom. The van der Waals surface area contributed by atoms with Gasteiger partial charge in [-0.2, -0.15) is 0 Å². The average Bonchev–Trinajstić information content (AvgIpc) is 2.65. The Hall–Kier alpha value is -0.440. The van der Waals surface area contributed by atoms with E-state index in [9.17, 15) is 0 Å². The average molecular weight is 293 g/mol. The molecule has 2 nitrogen and oxygen atoms in total. The van der Waals surface area contributed by atoms with Crippen LogP contribution in [0, 0.1) is 5.92 Å². The molecule has 1 atom stereocenters. The van der Waals surface area contributed by atoms with E-state index in [4.69, 9.17) is 39.5 Å². The lowest BCUT2D eigenvalue weighted by molar-refractivity contribution is 0.292. The van der Waals surface area contributed by atoms with Crippen molar-refractivity contribution in [3.63, 3.8) is 0 Å². The van der Waals surface area contributed by atoms with Gasteiger partial charge in [0.1, 0.15) is 6.61 Å². The summed E-state index contributed by atoms with van der Waals surface area (Å²) in [6, 6.07) is 3.44. The van der Waals surface area contributed by atoms with Crippen LogP contribution in [0.15, 0.2) is 17.1 Å². The fraction of sp³-hybridized carbons (Fsp3) is 0.417. The molecule has 5 heteroatoms. The highest BCUT2D eigenvalue weighted by molar-refractivity contribution is 6.42. The standard InChI is InChI=1S/C12H12Cl3NO/c1-6(2)10-5-17-12(16-10)11-8(14)3-7(13)4-9(11)15/h3-4,6,10H,5H2,1-2H3. The van der Waals surface area contributed by atoms with Gasteiger partial charge in [0.25, 0.3) is 0 Å². The van der Waals surface area contributed by atoms with Crippen LogP contribution in [0.3, 0.4) is 0 Å². The van der Waals surface area contributed by atoms with Crippen LogP contribution in [0.2, 0.25) is 15.1 Å². The molecule has 17 heavy (non-hydrogen) atoms. The van der Waals surface area contributed by atoms with E-state index in [1.165, 1.54) is 0 Å². The van der Waals surface area contributed by atoms with Crippen molar-refractivity contribution < 1.29 is 4.74 Å². The zero-order valence-corrected chi connectivity index (χ0v) is 11.8. The number of rotatable bonds is 2. The molecule has 92 valence electrons. The topological polar surface area (TPSA) is 21.6 Å². The first kappa shape index (κ1) is 13.0. The van der Waals surface area contributed by atoms with Crippen LogP contribution < -0.4 is 0 Å². The number of ether oxygens (including phenoxy) is 1. The zero-order chi connectivity index (χ0) is 12.6. The summed E-state index contributed by atoms with van der Waals surface area (Å²) in [5.74, 6) is 0.938. The molecule has 1 aliphatic rings. The van der Waals surface area contributed by atoms with E-state index < -0.39 is 0 Å². The summed E-state index contributed by atoms with van der Waals surface area (Å²) in [5.41, 5.74) is 0.626. The number of hydrogen-bond acceptors (Lipinski definition) is 2. The molecule has 1 aromatic rings. The number of halogens is 3. The highest BCUT2D eigenvalue weighted by Crippen LogP contribution is 2.31. The summed E-state index contributed by atoms with van der Waals surface area (Å²) >= 11 is 18.1. The molecule has 0 aromatic heterocycles. The second kappa shape index (κ2) is 5.05. The van der Waals surface area contributed by atoms with Crippen LogP contribution in [0.4, 0.5) is 0 Å². The van der Waals surface area contributed by atoms with Crippen LogP contribution in [0.1, 0.15) is 19.4 Å². The number of hydrogen-bond donors (Lipinski definition) is 0. The van der Waals surface area contributed by atoms with Gasteiger partial charge in [0.15, 0.2) is 0 Å². The second-order valence-corrected chi connectivity index (χ2v) is 5.55. The third kappa shape index (κ3) is 2.70. The van der Waals surface area contributed by atoms with Gasteiger partial charge < -0.3 is 4.74 Å². The number of aliphatic imine (C=N–C) groups is 1. The maximum absolute atomic E-state index is 6.11. The fourth-order valence-corrected chi connectivity index (χ4v) is 2.59. The van der Waals surface area contributed by atoms with Gasteiger partial charge in [0.2, 0.25) is 5.90 Å². The third-order valence-corrected chi connectivity index (χ3v) is 3.48. The van der Waals surface area contributed by atoms with Crippen molar-refractivity contribution in [2.75, 3.05) is 6.61 Å². The van der Waals surface area contributed by atoms with E-state index in [-0.39, 0.29) is 6.04 Å². The Labute approximate surface area is 116 Å². The predicted octanol–water partition coefficient (Wildman–Crippen LogP) is 4.45. The van der Waals surface area contributed by atoms with Gasteiger partial charge in [0, 0.05) is 5.02 Å². The number of benzene rings is 1. The van der Waals surface area contributed by atoms with Crippen molar-refractivity contribution in [3.8, 4) is 0 Å². The first-order chi connectivity index (χ1) is 7.99. The van der Waals surface area contributed by atoms with Crippen molar-refractivity contribution in [2.24, 2.45) is 10.9 Å². The van der Waals surface area contributed by atoms with Crippen LogP contribution >= 0.6 is 34.8 Å². The van der Waals surface area contributed by atoms with Gasteiger partial charge in [0.05, 0.1) is 21.7 Å². The molecule has 0 amide bonds. The van der Waals surface area contributed by atoms with E-state index in [1.807, 2.05) is 0 Å². The van der Waals surface area contributed by atoms with Gasteiger partial charge in [-0.3, -0.25) is 0 Å². The predicted molar refractivity (Wildman–Crippen MR) is 72.6 cm³/mol. The van der Waals surface area contributed by atoms with Crippen molar-refractivity contribution in [1.82, 2.24) is 0 Å². The maximum atomic E-state index is 6.11. The van der Waals surface area contributed by atoms with Gasteiger partial charge >= 0.3 is 0 Å². The van der Waals surface area contributed by atoms with E-state index in [0.29, 0.717) is 39.1 Å². The Bertz CT molecular complexity index is 448. The largest absolute Gasteiger partial charge is 0.475 e. The van der Waals surface area contributed by atoms with Crippen LogP contribution in [0.5, 0.6) is 0 Å². The molecule has 0 spiro atoms. The second-order valence-electron chi connectivity index (χ2n) is 4.30. The minimum Gasteiger partial charge on any atom is -0.475 e. The molecule has 0 saturated carbocycles. The molecule has 1 aromatic carbocycles. The summed E-state index contributed by atoms with van der Waals surface area (Å²) in [5, 5.41) is 1.43. The summed E-state index contributed by atoms with van der Waals surface area (Å²) in [6.45, 7) is 4.78. The minimum absolute atomic E-state index is 0.160. The summed E-state index contributed by atoms with van der Waals surface area (Å²) in [4.78, 5) is 4.49. The Balaban J connectivity index is 2.39. The molecule has 1 heterocycles. The quantitative estimate of drug-likeness (QED) is 0.789. The number of nitrogens with zero attached hydrogens (tertiary/aromatic N) is 1. The lowest BCUT2D eigenvalue weighted by Gasteiger charge is -2.07. The van der Waals surface area contributed by atoms with E-state index >= 15 is 0 Å². The van der Waals surface area contributed by atoms with Gasteiger partial charge in [-0.15, -0.1) is 0 Å². The molecule has 2 rings (SSSR count). The first-order valence-electron chi connectivity index (χ1n) is 5.34. The highest BCUT2D eigenvalue weighted by Gasteiger charge is 2.25. The summed E-state index contributed by atoms with van der Waals surface area (Å²) < 4.78 is 5.55. The van der Waals surface area contributed by atoms with Crippen molar-refractivity contribution in [3.05, 3.63) is 32.8 Å². The molecular weight excluding hydrogens is 280 g/mol. The normalized spacial score (nSPS) is 19.4. The van der Waals surface area contributed by atoms with Crippen molar-refractivity contribution >= 4 is 40.7 Å². The monoisotopic (exact) mass is 291 g/mol. The van der Waals surface area contributed by atoms with E-state index in [0.717, 1.165) is 0 Å². The smallest absolute Gasteiger partial charge is 0.219 e. The zero-order valence-electron chi connectivity index (χ0n) is 9.51. The van der Waals surface area contributed by atoms with E-state index in [1.54, 1.807) is 12.1 Å². The lowest BCUT2D eigenvalue weighted by Crippen LogP contribution is -2.13. The molecule has 0 radical (unpaired) electrons. The SMILES string of the molecule is CC(C)C1COC(c2c(Cl)cc(Cl)cc2Cl)=N1. The highest BCUT2D eigenvalue weighted by atomic mass is 35.5. The van der Waals surface area contributed by atoms with E-state index in [2.05, 4.69) is 18.8 Å². The van der Waals surface area contributed by atoms with Gasteiger partial charge in [-0.05, 0) is 18.1 Å². The molecule has 1 unspecified atom stereocenters. The van der Waals surface area contributed by atoms with Gasteiger partial charge in [-0.25, -0.2) is 4.99 Å². The molecular formula is C12H12Cl3NO. The Kier molecular flexibility index (Phi) is 3.86. The third-order valence-electron chi connectivity index (χ3n) is 2.66. The van der Waals surface area contributed by atoms with Crippen LogP contribution in [-0.2, 0) is 4.74 Å². The first-order valence-corrected chi connectivity index (χ1v) is 6.48. The maximum Gasteiger partial charge on any atom is 0.219 e. The molecule has 0 fully saturated rings. The Morgan fingerprint density at radius 2 is 1.82 bits per heavy atom. The molecule has 0 bridgehead atoms.